The summed E-state index contributed by atoms with van der Waals surface area (Å²) in [5.41, 5.74) is 7.78. The number of anilines is 3. The molecule has 1 aliphatic heterocycles. The number of H-pyrrole nitrogens is 1. The Morgan fingerprint density at radius 3 is 2.81 bits per heavy atom. The van der Waals surface area contributed by atoms with Gasteiger partial charge in [-0.2, -0.15) is 4.98 Å². The van der Waals surface area contributed by atoms with Crippen LogP contribution in [-0.2, 0) is 11.2 Å². The number of likely N-dealkylation sites (tertiary alicyclic amines) is 1. The second-order valence-electron chi connectivity index (χ2n) is 8.82. The first kappa shape index (κ1) is 23.5. The van der Waals surface area contributed by atoms with E-state index in [1.807, 2.05) is 11.0 Å². The van der Waals surface area contributed by atoms with Gasteiger partial charge in [-0.05, 0) is 56.4 Å². The molecular weight excluding hydrogens is 461 g/mol. The van der Waals surface area contributed by atoms with E-state index in [-0.39, 0.29) is 17.6 Å². The van der Waals surface area contributed by atoms with Crippen molar-refractivity contribution in [2.24, 2.45) is 0 Å². The number of hydrogen-bond donors (Lipinski definition) is 3. The highest BCUT2D eigenvalue weighted by molar-refractivity contribution is 5.82. The van der Waals surface area contributed by atoms with Crippen molar-refractivity contribution in [3.8, 4) is 11.5 Å². The number of benzene rings is 1. The summed E-state index contributed by atoms with van der Waals surface area (Å²) < 4.78 is 20.6. The van der Waals surface area contributed by atoms with Gasteiger partial charge in [0.2, 0.25) is 11.9 Å². The van der Waals surface area contributed by atoms with Gasteiger partial charge in [0.25, 0.3) is 0 Å². The van der Waals surface area contributed by atoms with E-state index in [4.69, 9.17) is 10.5 Å². The smallest absolute Gasteiger partial charge is 0.222 e. The van der Waals surface area contributed by atoms with Gasteiger partial charge in [0.1, 0.15) is 17.2 Å². The van der Waals surface area contributed by atoms with E-state index >= 15 is 0 Å². The molecule has 1 fully saturated rings. The van der Waals surface area contributed by atoms with Crippen LogP contribution in [0.1, 0.15) is 37.8 Å². The van der Waals surface area contributed by atoms with Crippen molar-refractivity contribution >= 4 is 34.4 Å². The van der Waals surface area contributed by atoms with Crippen molar-refractivity contribution in [3.05, 3.63) is 60.3 Å². The van der Waals surface area contributed by atoms with Gasteiger partial charge in [0.15, 0.2) is 11.6 Å². The molecule has 3 aromatic heterocycles. The van der Waals surface area contributed by atoms with Gasteiger partial charge in [-0.15, -0.1) is 0 Å². The lowest BCUT2D eigenvalue weighted by atomic mass is 10.1. The number of carbonyl (C=O) groups is 1. The molecule has 4 N–H and O–H groups in total. The number of aromatic nitrogens is 4. The van der Waals surface area contributed by atoms with Gasteiger partial charge in [-0.1, -0.05) is 0 Å². The Kier molecular flexibility index (Phi) is 6.92. The van der Waals surface area contributed by atoms with Gasteiger partial charge < -0.3 is 25.7 Å². The van der Waals surface area contributed by atoms with Crippen LogP contribution in [-0.4, -0.2) is 43.8 Å². The minimum atomic E-state index is -0.529. The standard InChI is InChI=1S/C26H28FN7O2/c27-20-15-18(7-8-22(20)36-21-10-12-30-25-19(21)9-11-29-25)31-23-16-17(32-26(28)33-23)5-4-6-24(35)34-13-2-1-3-14-34/h7-12,15-16H,1-6,13-14H2,(H,29,30)(H3,28,31,32,33). The number of hydrogen-bond acceptors (Lipinski definition) is 7. The molecule has 1 amide bonds. The van der Waals surface area contributed by atoms with E-state index in [1.165, 1.54) is 12.5 Å². The predicted octanol–water partition coefficient (Wildman–Crippen LogP) is 4.95. The Hall–Kier alpha value is -4.21. The Morgan fingerprint density at radius 1 is 1.11 bits per heavy atom. The normalized spacial score (nSPS) is 13.6. The highest BCUT2D eigenvalue weighted by atomic mass is 19.1. The zero-order chi connectivity index (χ0) is 24.9. The molecule has 1 aliphatic rings. The maximum absolute atomic E-state index is 14.8. The second kappa shape index (κ2) is 10.6. The Labute approximate surface area is 207 Å². The van der Waals surface area contributed by atoms with Crippen molar-refractivity contribution in [1.82, 2.24) is 24.8 Å². The summed E-state index contributed by atoms with van der Waals surface area (Å²) >= 11 is 0. The number of piperidine rings is 1. The summed E-state index contributed by atoms with van der Waals surface area (Å²) in [5.74, 6) is 0.835. The highest BCUT2D eigenvalue weighted by Gasteiger charge is 2.16. The average Bonchev–Trinajstić information content (AvgIpc) is 3.36. The van der Waals surface area contributed by atoms with Gasteiger partial charge in [0.05, 0.1) is 5.39 Å². The largest absolute Gasteiger partial charge is 0.453 e. The van der Waals surface area contributed by atoms with Crippen LogP contribution in [0.25, 0.3) is 11.0 Å². The number of pyridine rings is 1. The summed E-state index contributed by atoms with van der Waals surface area (Å²) in [7, 11) is 0. The first-order chi connectivity index (χ1) is 17.5. The summed E-state index contributed by atoms with van der Waals surface area (Å²) in [6.45, 7) is 1.71. The number of fused-ring (bicyclic) bond motifs is 1. The minimum Gasteiger partial charge on any atom is -0.453 e. The maximum atomic E-state index is 14.8. The quantitative estimate of drug-likeness (QED) is 0.320. The number of rotatable bonds is 8. The Morgan fingerprint density at radius 2 is 1.97 bits per heavy atom. The average molecular weight is 490 g/mol. The predicted molar refractivity (Wildman–Crippen MR) is 136 cm³/mol. The number of nitrogens with two attached hydrogens (primary N) is 1. The summed E-state index contributed by atoms with van der Waals surface area (Å²) in [5, 5.41) is 3.84. The number of halogens is 1. The fraction of sp³-hybridized carbons (Fsp3) is 0.308. The molecule has 1 saturated heterocycles. The molecule has 0 spiro atoms. The SMILES string of the molecule is Nc1nc(CCCC(=O)N2CCCCC2)cc(Nc2ccc(Oc3ccnc4[nH]ccc34)c(F)c2)n1. The van der Waals surface area contributed by atoms with E-state index in [2.05, 4.69) is 25.3 Å². The fourth-order valence-electron chi connectivity index (χ4n) is 4.38. The molecule has 186 valence electrons. The molecule has 5 rings (SSSR count). The van der Waals surface area contributed by atoms with Crippen molar-refractivity contribution < 1.29 is 13.9 Å². The van der Waals surface area contributed by atoms with Crippen LogP contribution >= 0.6 is 0 Å². The summed E-state index contributed by atoms with van der Waals surface area (Å²) in [6.07, 6.45) is 8.46. The molecule has 4 heterocycles. The number of ether oxygens (including phenoxy) is 1. The lowest BCUT2D eigenvalue weighted by molar-refractivity contribution is -0.132. The third-order valence-electron chi connectivity index (χ3n) is 6.17. The van der Waals surface area contributed by atoms with Gasteiger partial charge in [-0.3, -0.25) is 4.79 Å². The van der Waals surface area contributed by atoms with Gasteiger partial charge in [-0.25, -0.2) is 14.4 Å². The van der Waals surface area contributed by atoms with Gasteiger partial charge in [0, 0.05) is 55.4 Å². The lowest BCUT2D eigenvalue weighted by Crippen LogP contribution is -2.35. The monoisotopic (exact) mass is 489 g/mol. The van der Waals surface area contributed by atoms with Crippen molar-refractivity contribution in [2.75, 3.05) is 24.1 Å². The van der Waals surface area contributed by atoms with Crippen LogP contribution in [0.3, 0.4) is 0 Å². The molecule has 0 radical (unpaired) electrons. The Bertz CT molecular complexity index is 1370. The topological polar surface area (TPSA) is 122 Å². The van der Waals surface area contributed by atoms with Crippen molar-refractivity contribution in [1.29, 1.82) is 0 Å². The zero-order valence-electron chi connectivity index (χ0n) is 19.8. The third kappa shape index (κ3) is 5.54. The van der Waals surface area contributed by atoms with Crippen LogP contribution in [0, 0.1) is 5.82 Å². The minimum absolute atomic E-state index is 0.0931. The van der Waals surface area contributed by atoms with Crippen LogP contribution < -0.4 is 15.8 Å². The molecule has 0 atom stereocenters. The van der Waals surface area contributed by atoms with Crippen LogP contribution in [0.5, 0.6) is 11.5 Å². The number of aryl methyl sites for hydroxylation is 1. The van der Waals surface area contributed by atoms with Crippen molar-refractivity contribution in [3.63, 3.8) is 0 Å². The number of nitrogens with zero attached hydrogens (tertiary/aromatic N) is 4. The van der Waals surface area contributed by atoms with Crippen LogP contribution in [0.15, 0.2) is 48.8 Å². The lowest BCUT2D eigenvalue weighted by Gasteiger charge is -2.26. The van der Waals surface area contributed by atoms with Crippen LogP contribution in [0.4, 0.5) is 21.8 Å². The van der Waals surface area contributed by atoms with E-state index in [1.54, 1.807) is 36.7 Å². The number of carbonyl (C=O) groups excluding carboxylic acids is 1. The third-order valence-corrected chi connectivity index (χ3v) is 6.17. The summed E-state index contributed by atoms with van der Waals surface area (Å²) in [6, 6.07) is 9.86. The highest BCUT2D eigenvalue weighted by Crippen LogP contribution is 2.31. The maximum Gasteiger partial charge on any atom is 0.222 e. The first-order valence-electron chi connectivity index (χ1n) is 12.1. The molecule has 9 nitrogen and oxygen atoms in total. The Balaban J connectivity index is 1.21. The number of amides is 1. The second-order valence-corrected chi connectivity index (χ2v) is 8.82. The molecule has 4 aromatic rings. The molecule has 0 bridgehead atoms. The number of nitrogen functional groups attached to an aromatic ring is 1. The molecule has 10 heteroatoms. The molecule has 36 heavy (non-hydrogen) atoms. The van der Waals surface area contributed by atoms with E-state index in [0.29, 0.717) is 42.2 Å². The fourth-order valence-corrected chi connectivity index (χ4v) is 4.38. The van der Waals surface area contributed by atoms with Gasteiger partial charge >= 0.3 is 0 Å². The number of aromatic amines is 1. The van der Waals surface area contributed by atoms with Crippen LogP contribution in [0.2, 0.25) is 0 Å². The molecule has 1 aromatic carbocycles. The molecular formula is C26H28FN7O2. The summed E-state index contributed by atoms with van der Waals surface area (Å²) in [4.78, 5) is 30.0. The van der Waals surface area contributed by atoms with E-state index in [9.17, 15) is 9.18 Å². The molecule has 0 saturated carbocycles. The van der Waals surface area contributed by atoms with Crippen molar-refractivity contribution in [2.45, 2.75) is 38.5 Å². The van der Waals surface area contributed by atoms with E-state index in [0.717, 1.165) is 37.0 Å². The molecule has 0 unspecified atom stereocenters. The number of nitrogens with one attached hydrogen (secondary N) is 2. The first-order valence-corrected chi connectivity index (χ1v) is 12.1. The van der Waals surface area contributed by atoms with E-state index < -0.39 is 5.82 Å². The zero-order valence-corrected chi connectivity index (χ0v) is 19.8. The molecule has 0 aliphatic carbocycles.